The minimum atomic E-state index is 0.176. The Bertz CT molecular complexity index is 707. The van der Waals surface area contributed by atoms with Crippen LogP contribution in [0.5, 0.6) is 0 Å². The molecule has 1 rings (SSSR count). The molecule has 1 unspecified atom stereocenters. The topological polar surface area (TPSA) is 61.4 Å². The summed E-state index contributed by atoms with van der Waals surface area (Å²) in [5.74, 6) is 1.52. The molecule has 168 valence electrons. The van der Waals surface area contributed by atoms with Crippen LogP contribution in [0.1, 0.15) is 47.0 Å². The van der Waals surface area contributed by atoms with Gasteiger partial charge in [0, 0.05) is 31.2 Å². The summed E-state index contributed by atoms with van der Waals surface area (Å²) in [5.41, 5.74) is 5.09. The number of hydrogen-bond donors (Lipinski definition) is 4. The lowest BCUT2D eigenvalue weighted by atomic mass is 9.71. The van der Waals surface area contributed by atoms with Gasteiger partial charge in [0.1, 0.15) is 12.0 Å². The first-order valence-electron chi connectivity index (χ1n) is 10.3. The largest absolute Gasteiger partial charge is 0.508 e. The van der Waals surface area contributed by atoms with E-state index < -0.39 is 0 Å². The number of aliphatic hydroxyl groups is 1. The Labute approximate surface area is 189 Å². The zero-order valence-corrected chi connectivity index (χ0v) is 20.4. The molecule has 0 heterocycles. The van der Waals surface area contributed by atoms with E-state index in [9.17, 15) is 4.79 Å². The molecular formula is C25H40N2O2S. The minimum absolute atomic E-state index is 0.176. The molecular weight excluding hydrogens is 392 g/mol. The summed E-state index contributed by atoms with van der Waals surface area (Å²) in [5, 5.41) is 15.1. The van der Waals surface area contributed by atoms with Crippen LogP contribution in [-0.4, -0.2) is 31.2 Å². The van der Waals surface area contributed by atoms with Gasteiger partial charge in [-0.05, 0) is 73.0 Å². The molecule has 1 atom stereocenters. The molecule has 0 aromatic carbocycles. The summed E-state index contributed by atoms with van der Waals surface area (Å²) >= 11 is 4.35. The number of aliphatic hydroxyl groups excluding tert-OH is 1. The van der Waals surface area contributed by atoms with Gasteiger partial charge in [-0.2, -0.15) is 12.6 Å². The van der Waals surface area contributed by atoms with Crippen molar-refractivity contribution in [3.05, 3.63) is 71.3 Å². The Morgan fingerprint density at radius 3 is 2.43 bits per heavy atom. The van der Waals surface area contributed by atoms with Crippen LogP contribution in [-0.2, 0) is 4.79 Å². The normalized spacial score (nSPS) is 18.6. The second-order valence-corrected chi connectivity index (χ2v) is 8.64. The summed E-state index contributed by atoms with van der Waals surface area (Å²) in [7, 11) is 3.81. The van der Waals surface area contributed by atoms with E-state index in [4.69, 9.17) is 5.11 Å². The third-order valence-electron chi connectivity index (χ3n) is 5.16. The number of nitrogens with one attached hydrogen (secondary N) is 2. The average Bonchev–Trinajstić information content (AvgIpc) is 2.74. The van der Waals surface area contributed by atoms with E-state index in [1.807, 2.05) is 27.1 Å². The molecule has 0 saturated heterocycles. The van der Waals surface area contributed by atoms with Crippen LogP contribution in [0.4, 0.5) is 0 Å². The van der Waals surface area contributed by atoms with Gasteiger partial charge in [0.15, 0.2) is 0 Å². The molecule has 0 bridgehead atoms. The molecule has 0 spiro atoms. The van der Waals surface area contributed by atoms with Crippen molar-refractivity contribution in [3.63, 3.8) is 0 Å². The van der Waals surface area contributed by atoms with Gasteiger partial charge in [-0.15, -0.1) is 0 Å². The lowest BCUT2D eigenvalue weighted by molar-refractivity contribution is -0.104. The summed E-state index contributed by atoms with van der Waals surface area (Å²) in [6.45, 7) is 12.3. The predicted octanol–water partition coefficient (Wildman–Crippen LogP) is 5.65. The fourth-order valence-electron chi connectivity index (χ4n) is 3.04. The van der Waals surface area contributed by atoms with Crippen LogP contribution in [0.15, 0.2) is 71.3 Å². The maximum atomic E-state index is 10.5. The van der Waals surface area contributed by atoms with Crippen molar-refractivity contribution in [1.82, 2.24) is 10.6 Å². The van der Waals surface area contributed by atoms with Crippen molar-refractivity contribution in [2.75, 3.05) is 19.8 Å². The van der Waals surface area contributed by atoms with Gasteiger partial charge in [-0.25, -0.2) is 0 Å². The van der Waals surface area contributed by atoms with Crippen molar-refractivity contribution in [1.29, 1.82) is 0 Å². The Morgan fingerprint density at radius 1 is 1.30 bits per heavy atom. The second kappa shape index (κ2) is 14.8. The number of rotatable bonds is 8. The maximum Gasteiger partial charge on any atom is 0.142 e. The highest BCUT2D eigenvalue weighted by Crippen LogP contribution is 2.40. The molecule has 0 amide bonds. The molecule has 0 aromatic rings. The van der Waals surface area contributed by atoms with Gasteiger partial charge in [-0.1, -0.05) is 39.5 Å². The summed E-state index contributed by atoms with van der Waals surface area (Å²) in [6, 6.07) is 0. The second-order valence-electron chi connectivity index (χ2n) is 8.33. The lowest BCUT2D eigenvalue weighted by Crippen LogP contribution is -2.26. The fourth-order valence-corrected chi connectivity index (χ4v) is 3.23. The molecule has 4 nitrogen and oxygen atoms in total. The molecule has 0 fully saturated rings. The van der Waals surface area contributed by atoms with Crippen molar-refractivity contribution in [2.24, 2.45) is 11.3 Å². The highest BCUT2D eigenvalue weighted by Gasteiger charge is 2.29. The molecule has 0 radical (unpaired) electrons. The molecule has 0 aromatic heterocycles. The number of allylic oxidation sites excluding steroid dienone is 9. The number of thiol groups is 1. The summed E-state index contributed by atoms with van der Waals surface area (Å²) in [6.07, 6.45) is 14.5. The van der Waals surface area contributed by atoms with E-state index in [2.05, 4.69) is 56.7 Å². The maximum absolute atomic E-state index is 10.5. The highest BCUT2D eigenvalue weighted by molar-refractivity contribution is 7.80. The number of carbonyl (C=O) groups excluding carboxylic acids is 1. The van der Waals surface area contributed by atoms with Gasteiger partial charge in [-0.3, -0.25) is 4.79 Å². The van der Waals surface area contributed by atoms with E-state index in [1.54, 1.807) is 12.2 Å². The first-order valence-corrected chi connectivity index (χ1v) is 11.0. The molecule has 5 heteroatoms. The van der Waals surface area contributed by atoms with Gasteiger partial charge < -0.3 is 15.7 Å². The zero-order valence-electron chi connectivity index (χ0n) is 19.5. The Hall–Kier alpha value is -2.14. The zero-order chi connectivity index (χ0) is 23.2. The van der Waals surface area contributed by atoms with Crippen molar-refractivity contribution in [2.45, 2.75) is 47.0 Å². The van der Waals surface area contributed by atoms with Crippen LogP contribution in [0.25, 0.3) is 0 Å². The molecule has 1 aliphatic carbocycles. The predicted molar refractivity (Wildman–Crippen MR) is 134 cm³/mol. The van der Waals surface area contributed by atoms with Gasteiger partial charge in [0.25, 0.3) is 0 Å². The minimum Gasteiger partial charge on any atom is -0.508 e. The van der Waals surface area contributed by atoms with Gasteiger partial charge in [0.2, 0.25) is 0 Å². The Morgan fingerprint density at radius 2 is 1.97 bits per heavy atom. The summed E-state index contributed by atoms with van der Waals surface area (Å²) in [4.78, 5) is 10.5. The average molecular weight is 433 g/mol. The molecule has 0 saturated carbocycles. The third kappa shape index (κ3) is 11.1. The van der Waals surface area contributed by atoms with Gasteiger partial charge in [0.05, 0.1) is 0 Å². The van der Waals surface area contributed by atoms with Crippen LogP contribution >= 0.6 is 12.6 Å². The molecule has 30 heavy (non-hydrogen) atoms. The highest BCUT2D eigenvalue weighted by atomic mass is 32.1. The van der Waals surface area contributed by atoms with Crippen LogP contribution < -0.4 is 10.6 Å². The Kier molecular flexibility index (Phi) is 13.7. The number of aldehydes is 1. The summed E-state index contributed by atoms with van der Waals surface area (Å²) < 4.78 is 0. The van der Waals surface area contributed by atoms with Gasteiger partial charge >= 0.3 is 0 Å². The van der Waals surface area contributed by atoms with Crippen molar-refractivity contribution >= 4 is 18.9 Å². The first kappa shape index (κ1) is 27.9. The molecule has 3 N–H and O–H groups in total. The van der Waals surface area contributed by atoms with E-state index in [-0.39, 0.29) is 5.76 Å². The quantitative estimate of drug-likeness (QED) is 0.131. The van der Waals surface area contributed by atoms with Crippen LogP contribution in [0.3, 0.4) is 0 Å². The van der Waals surface area contributed by atoms with Crippen molar-refractivity contribution in [3.8, 4) is 0 Å². The SMILES string of the molecule is C=C/C(O)=C\C=C(/C)NC.CNC1=C(/C=C(/C=C/C=O)CS)CC(C(C)(C)C)CC1. The smallest absolute Gasteiger partial charge is 0.142 e. The lowest BCUT2D eigenvalue weighted by Gasteiger charge is -2.35. The van der Waals surface area contributed by atoms with Crippen molar-refractivity contribution < 1.29 is 9.90 Å². The molecule has 0 aliphatic heterocycles. The number of carbonyl (C=O) groups is 1. The third-order valence-corrected chi connectivity index (χ3v) is 5.53. The molecule has 1 aliphatic rings. The monoisotopic (exact) mass is 432 g/mol. The van der Waals surface area contributed by atoms with E-state index in [0.717, 1.165) is 30.4 Å². The standard InChI is InChI=1S/C17H27NOS.C8H13NO/c1-17(2,3)15-7-8-16(18-4)14(11-15)10-13(12-20)6-5-9-19;1-4-8(10)6-5-7(2)9-3/h5-6,9-10,15,18,20H,7-8,11-12H2,1-4H3;4-6,9-10H,1H2,2-3H3/b6-5+,13-10-;7-5+,8-6+. The van der Waals surface area contributed by atoms with E-state index >= 15 is 0 Å². The van der Waals surface area contributed by atoms with E-state index in [1.165, 1.54) is 29.8 Å². The van der Waals surface area contributed by atoms with Crippen LogP contribution in [0, 0.1) is 11.3 Å². The fraction of sp³-hybridized carbons (Fsp3) is 0.480. The number of hydrogen-bond acceptors (Lipinski definition) is 5. The van der Waals surface area contributed by atoms with E-state index in [0.29, 0.717) is 17.1 Å². The van der Waals surface area contributed by atoms with Crippen LogP contribution in [0.2, 0.25) is 0 Å². The first-order chi connectivity index (χ1) is 14.1. The Balaban J connectivity index is 0.000000710.